The van der Waals surface area contributed by atoms with Crippen molar-refractivity contribution in [1.82, 2.24) is 4.98 Å². The van der Waals surface area contributed by atoms with E-state index in [9.17, 15) is 0 Å². The molecule has 0 aliphatic heterocycles. The zero-order valence-corrected chi connectivity index (χ0v) is 7.48. The summed E-state index contributed by atoms with van der Waals surface area (Å²) in [5.74, 6) is 0.507. The van der Waals surface area contributed by atoms with Crippen LogP contribution in [0.4, 0.5) is 5.82 Å². The van der Waals surface area contributed by atoms with E-state index in [1.54, 1.807) is 24.4 Å². The van der Waals surface area contributed by atoms with Gasteiger partial charge in [0.15, 0.2) is 5.11 Å². The number of nitrogens with zero attached hydrogens (tertiary/aromatic N) is 3. The van der Waals surface area contributed by atoms with Gasteiger partial charge in [-0.1, -0.05) is 11.2 Å². The van der Waals surface area contributed by atoms with E-state index in [2.05, 4.69) is 10.1 Å². The molecule has 0 radical (unpaired) electrons. The molecular weight excluding hydrogens is 188 g/mol. The molecule has 0 aliphatic carbocycles. The first-order valence-electron chi connectivity index (χ1n) is 3.43. The Kier molecular flexibility index (Phi) is 3.15. The quantitative estimate of drug-likeness (QED) is 0.237. The van der Waals surface area contributed by atoms with E-state index in [-0.39, 0.29) is 5.11 Å². The highest BCUT2D eigenvalue weighted by molar-refractivity contribution is 7.80. The number of hydrogen-bond acceptors (Lipinski definition) is 4. The Morgan fingerprint density at radius 3 is 2.92 bits per heavy atom. The first-order valence-corrected chi connectivity index (χ1v) is 3.84. The van der Waals surface area contributed by atoms with Gasteiger partial charge in [0.1, 0.15) is 12.2 Å². The van der Waals surface area contributed by atoms with Crippen molar-refractivity contribution in [1.29, 1.82) is 0 Å². The average molecular weight is 196 g/mol. The topological polar surface area (TPSA) is 74.7 Å². The molecule has 0 unspecified atom stereocenters. The number of oxime groups is 1. The summed E-state index contributed by atoms with van der Waals surface area (Å²) in [5.41, 5.74) is 5.37. The molecule has 0 aliphatic rings. The second-order valence-electron chi connectivity index (χ2n) is 2.13. The lowest BCUT2D eigenvalue weighted by molar-refractivity contribution is 0.321. The van der Waals surface area contributed by atoms with Crippen LogP contribution in [0.1, 0.15) is 0 Å². The molecular formula is C7H8N4OS. The van der Waals surface area contributed by atoms with Gasteiger partial charge in [0, 0.05) is 6.20 Å². The largest absolute Gasteiger partial charge is 0.410 e. The van der Waals surface area contributed by atoms with E-state index in [4.69, 9.17) is 23.2 Å². The van der Waals surface area contributed by atoms with E-state index in [1.807, 2.05) is 0 Å². The summed E-state index contributed by atoms with van der Waals surface area (Å²) in [5, 5.41) is 11.2. The number of hydrogen-bond donors (Lipinski definition) is 2. The Hall–Kier alpha value is -1.69. The van der Waals surface area contributed by atoms with Crippen molar-refractivity contribution in [3.8, 4) is 0 Å². The van der Waals surface area contributed by atoms with Crippen molar-refractivity contribution in [3.63, 3.8) is 0 Å². The van der Waals surface area contributed by atoms with Crippen molar-refractivity contribution in [2.75, 3.05) is 4.90 Å². The van der Waals surface area contributed by atoms with Crippen LogP contribution in [0.5, 0.6) is 0 Å². The van der Waals surface area contributed by atoms with Gasteiger partial charge in [-0.3, -0.25) is 4.90 Å². The molecule has 0 saturated heterocycles. The smallest absolute Gasteiger partial charge is 0.177 e. The van der Waals surface area contributed by atoms with E-state index in [1.165, 1.54) is 4.90 Å². The summed E-state index contributed by atoms with van der Waals surface area (Å²) < 4.78 is 0. The second-order valence-corrected chi connectivity index (χ2v) is 2.55. The summed E-state index contributed by atoms with van der Waals surface area (Å²) in [6, 6.07) is 5.23. The minimum absolute atomic E-state index is 0.0662. The molecule has 68 valence electrons. The number of pyridine rings is 1. The summed E-state index contributed by atoms with van der Waals surface area (Å²) in [6.07, 6.45) is 2.68. The van der Waals surface area contributed by atoms with Crippen LogP contribution in [0.2, 0.25) is 0 Å². The SMILES string of the molecule is NC(=S)N(/C=N\O)c1ccccn1. The Bertz CT molecular complexity index is 314. The third-order valence-electron chi connectivity index (χ3n) is 1.30. The van der Waals surface area contributed by atoms with Crippen LogP contribution in [0.25, 0.3) is 0 Å². The van der Waals surface area contributed by atoms with E-state index in [0.29, 0.717) is 5.82 Å². The lowest BCUT2D eigenvalue weighted by Gasteiger charge is -2.14. The molecule has 0 amide bonds. The van der Waals surface area contributed by atoms with Gasteiger partial charge >= 0.3 is 0 Å². The molecule has 3 N–H and O–H groups in total. The van der Waals surface area contributed by atoms with Crippen molar-refractivity contribution in [2.24, 2.45) is 10.9 Å². The first-order chi connectivity index (χ1) is 6.25. The minimum atomic E-state index is 0.0662. The number of thiocarbonyl (C=S) groups is 1. The van der Waals surface area contributed by atoms with Gasteiger partial charge in [-0.05, 0) is 24.4 Å². The number of rotatable bonds is 2. The summed E-state index contributed by atoms with van der Waals surface area (Å²) >= 11 is 4.73. The number of aromatic nitrogens is 1. The van der Waals surface area contributed by atoms with E-state index < -0.39 is 0 Å². The highest BCUT2D eigenvalue weighted by Gasteiger charge is 2.06. The molecule has 0 saturated carbocycles. The van der Waals surface area contributed by atoms with E-state index >= 15 is 0 Å². The van der Waals surface area contributed by atoms with Crippen molar-refractivity contribution < 1.29 is 5.21 Å². The Morgan fingerprint density at radius 1 is 1.69 bits per heavy atom. The fourth-order valence-corrected chi connectivity index (χ4v) is 0.918. The molecule has 0 spiro atoms. The fourth-order valence-electron chi connectivity index (χ4n) is 0.777. The maximum absolute atomic E-state index is 8.33. The molecule has 1 aromatic heterocycles. The van der Waals surface area contributed by atoms with Gasteiger partial charge in [-0.15, -0.1) is 0 Å². The van der Waals surface area contributed by atoms with Crippen LogP contribution in [0.15, 0.2) is 29.6 Å². The van der Waals surface area contributed by atoms with Gasteiger partial charge in [-0.25, -0.2) is 4.98 Å². The molecule has 13 heavy (non-hydrogen) atoms. The molecule has 6 heteroatoms. The molecule has 0 fully saturated rings. The van der Waals surface area contributed by atoms with Gasteiger partial charge < -0.3 is 10.9 Å². The Balaban J connectivity index is 2.96. The Morgan fingerprint density at radius 2 is 2.46 bits per heavy atom. The Labute approximate surface area is 80.5 Å². The third kappa shape index (κ3) is 2.38. The second kappa shape index (κ2) is 4.36. The predicted molar refractivity (Wildman–Crippen MR) is 53.8 cm³/mol. The van der Waals surface area contributed by atoms with Gasteiger partial charge in [-0.2, -0.15) is 0 Å². The molecule has 1 aromatic rings. The highest BCUT2D eigenvalue weighted by atomic mass is 32.1. The van der Waals surface area contributed by atoms with E-state index in [0.717, 1.165) is 6.34 Å². The number of anilines is 1. The van der Waals surface area contributed by atoms with Crippen LogP contribution in [-0.2, 0) is 0 Å². The van der Waals surface area contributed by atoms with Crippen molar-refractivity contribution >= 4 is 29.5 Å². The molecule has 0 atom stereocenters. The predicted octanol–water partition coefficient (Wildman–Crippen LogP) is 0.549. The standard InChI is InChI=1S/C7H8N4OS/c8-7(13)11(5-10-12)6-3-1-2-4-9-6/h1-5,12H,(H2,8,13)/b10-5-. The average Bonchev–Trinajstić information content (AvgIpc) is 2.15. The summed E-state index contributed by atoms with van der Waals surface area (Å²) in [7, 11) is 0. The van der Waals surface area contributed by atoms with Crippen LogP contribution >= 0.6 is 12.2 Å². The van der Waals surface area contributed by atoms with Crippen LogP contribution < -0.4 is 10.6 Å². The number of nitrogens with two attached hydrogens (primary N) is 1. The van der Waals surface area contributed by atoms with Crippen LogP contribution in [-0.4, -0.2) is 21.6 Å². The molecule has 1 rings (SSSR count). The summed E-state index contributed by atoms with van der Waals surface area (Å²) in [6.45, 7) is 0. The van der Waals surface area contributed by atoms with Gasteiger partial charge in [0.05, 0.1) is 0 Å². The summed E-state index contributed by atoms with van der Waals surface area (Å²) in [4.78, 5) is 5.26. The maximum Gasteiger partial charge on any atom is 0.177 e. The highest BCUT2D eigenvalue weighted by Crippen LogP contribution is 2.06. The lowest BCUT2D eigenvalue weighted by atomic mass is 10.4. The normalized spacial score (nSPS) is 10.2. The monoisotopic (exact) mass is 196 g/mol. The van der Waals surface area contributed by atoms with Gasteiger partial charge in [0.25, 0.3) is 0 Å². The van der Waals surface area contributed by atoms with Crippen LogP contribution in [0, 0.1) is 0 Å². The van der Waals surface area contributed by atoms with Crippen molar-refractivity contribution in [2.45, 2.75) is 0 Å². The zero-order chi connectivity index (χ0) is 9.68. The molecule has 0 bridgehead atoms. The fraction of sp³-hybridized carbons (Fsp3) is 0. The minimum Gasteiger partial charge on any atom is -0.410 e. The first kappa shape index (κ1) is 9.40. The lowest BCUT2D eigenvalue weighted by Crippen LogP contribution is -2.34. The zero-order valence-electron chi connectivity index (χ0n) is 6.66. The third-order valence-corrected chi connectivity index (χ3v) is 1.50. The molecule has 1 heterocycles. The maximum atomic E-state index is 8.33. The molecule has 0 aromatic carbocycles. The van der Waals surface area contributed by atoms with Crippen molar-refractivity contribution in [3.05, 3.63) is 24.4 Å². The molecule has 5 nitrogen and oxygen atoms in total. The van der Waals surface area contributed by atoms with Crippen LogP contribution in [0.3, 0.4) is 0 Å². The van der Waals surface area contributed by atoms with Gasteiger partial charge in [0.2, 0.25) is 0 Å².